The molecule has 2 rings (SSSR count). The number of hydrogen-bond donors (Lipinski definition) is 0. The summed E-state index contributed by atoms with van der Waals surface area (Å²) in [5.41, 5.74) is 2.20. The van der Waals surface area contributed by atoms with Crippen molar-refractivity contribution in [1.82, 2.24) is 9.38 Å². The highest BCUT2D eigenvalue weighted by atomic mass is 16.5. The number of nitrogens with zero attached hydrogens (tertiary/aromatic N) is 2. The smallest absolute Gasteiger partial charge is 0.243 e. The van der Waals surface area contributed by atoms with Gasteiger partial charge >= 0.3 is 0 Å². The molecule has 4 nitrogen and oxygen atoms in total. The first-order valence-corrected chi connectivity index (χ1v) is 5.42. The normalized spacial score (nSPS) is 10.4. The van der Waals surface area contributed by atoms with E-state index in [1.54, 1.807) is 10.6 Å². The topological polar surface area (TPSA) is 43.6 Å². The van der Waals surface area contributed by atoms with Crippen LogP contribution in [-0.2, 0) is 0 Å². The quantitative estimate of drug-likeness (QED) is 0.585. The molecule has 2 heterocycles. The van der Waals surface area contributed by atoms with Crippen molar-refractivity contribution in [2.45, 2.75) is 13.3 Å². The first-order chi connectivity index (χ1) is 8.22. The van der Waals surface area contributed by atoms with E-state index in [-0.39, 0.29) is 0 Å². The fraction of sp³-hybridized carbons (Fsp3) is 0.231. The Bertz CT molecular complexity index is 558. The number of ether oxygens (including phenoxy) is 1. The van der Waals surface area contributed by atoms with Gasteiger partial charge in [0, 0.05) is 12.6 Å². The Hall–Kier alpha value is -2.10. The lowest BCUT2D eigenvalue weighted by Crippen LogP contribution is -2.00. The average molecular weight is 230 g/mol. The highest BCUT2D eigenvalue weighted by Crippen LogP contribution is 2.18. The summed E-state index contributed by atoms with van der Waals surface area (Å²) in [6.07, 6.45) is 3.31. The number of carbonyl (C=O) groups is 1. The second kappa shape index (κ2) is 4.82. The van der Waals surface area contributed by atoms with E-state index in [1.807, 2.05) is 25.1 Å². The van der Waals surface area contributed by atoms with Crippen molar-refractivity contribution in [3.63, 3.8) is 0 Å². The van der Waals surface area contributed by atoms with Gasteiger partial charge in [0.1, 0.15) is 11.3 Å². The van der Waals surface area contributed by atoms with Crippen LogP contribution in [-0.4, -0.2) is 22.3 Å². The monoisotopic (exact) mass is 230 g/mol. The third-order valence-corrected chi connectivity index (χ3v) is 2.41. The predicted molar refractivity (Wildman–Crippen MR) is 65.5 cm³/mol. The third-order valence-electron chi connectivity index (χ3n) is 2.41. The van der Waals surface area contributed by atoms with E-state index in [0.717, 1.165) is 18.3 Å². The number of pyridine rings is 1. The molecule has 0 bridgehead atoms. The molecule has 0 aliphatic heterocycles. The maximum absolute atomic E-state index is 11.0. The molecule has 0 fully saturated rings. The Morgan fingerprint density at radius 2 is 2.41 bits per heavy atom. The van der Waals surface area contributed by atoms with E-state index in [9.17, 15) is 4.79 Å². The van der Waals surface area contributed by atoms with E-state index in [4.69, 9.17) is 4.74 Å². The van der Waals surface area contributed by atoms with E-state index in [1.165, 1.54) is 0 Å². The molecule has 0 spiro atoms. The average Bonchev–Trinajstić information content (AvgIpc) is 2.66. The number of aldehydes is 1. The number of imidazole rings is 1. The SMILES string of the molecule is C=C(C)CCOc1nc2ccccn2c1C=O. The Labute approximate surface area is 99.5 Å². The Morgan fingerprint density at radius 1 is 1.59 bits per heavy atom. The van der Waals surface area contributed by atoms with Gasteiger partial charge in [-0.2, -0.15) is 4.98 Å². The van der Waals surface area contributed by atoms with Crippen molar-refractivity contribution in [2.24, 2.45) is 0 Å². The minimum atomic E-state index is 0.382. The van der Waals surface area contributed by atoms with Crippen LogP contribution in [0.4, 0.5) is 0 Å². The van der Waals surface area contributed by atoms with Crippen molar-refractivity contribution in [2.75, 3.05) is 6.61 Å². The number of aromatic nitrogens is 2. The summed E-state index contributed by atoms with van der Waals surface area (Å²) < 4.78 is 7.21. The van der Waals surface area contributed by atoms with Gasteiger partial charge in [-0.3, -0.25) is 9.20 Å². The van der Waals surface area contributed by atoms with Crippen LogP contribution in [0.3, 0.4) is 0 Å². The Balaban J connectivity index is 2.27. The molecule has 0 aromatic carbocycles. The van der Waals surface area contributed by atoms with Crippen LogP contribution in [0.2, 0.25) is 0 Å². The molecule has 0 aliphatic carbocycles. The fourth-order valence-corrected chi connectivity index (χ4v) is 1.53. The van der Waals surface area contributed by atoms with Gasteiger partial charge in [0.25, 0.3) is 0 Å². The summed E-state index contributed by atoms with van der Waals surface area (Å²) in [6, 6.07) is 5.55. The molecule has 0 radical (unpaired) electrons. The molecule has 0 saturated heterocycles. The first kappa shape index (κ1) is 11.4. The minimum Gasteiger partial charge on any atom is -0.476 e. The van der Waals surface area contributed by atoms with Gasteiger partial charge in [-0.05, 0) is 19.1 Å². The zero-order valence-corrected chi connectivity index (χ0v) is 9.72. The molecule has 2 aromatic rings. The van der Waals surface area contributed by atoms with Gasteiger partial charge in [0.15, 0.2) is 6.29 Å². The van der Waals surface area contributed by atoms with E-state index in [2.05, 4.69) is 11.6 Å². The molecule has 4 heteroatoms. The molecule has 2 aromatic heterocycles. The van der Waals surface area contributed by atoms with Crippen LogP contribution in [0.5, 0.6) is 5.88 Å². The number of carbonyl (C=O) groups excluding carboxylic acids is 1. The zero-order chi connectivity index (χ0) is 12.3. The number of rotatable bonds is 5. The second-order valence-corrected chi connectivity index (χ2v) is 3.90. The van der Waals surface area contributed by atoms with Crippen LogP contribution in [0, 0.1) is 0 Å². The summed E-state index contributed by atoms with van der Waals surface area (Å²) in [7, 11) is 0. The summed E-state index contributed by atoms with van der Waals surface area (Å²) in [5.74, 6) is 0.382. The predicted octanol–water partition coefficient (Wildman–Crippen LogP) is 2.49. The molecule has 0 aliphatic rings. The molecule has 0 amide bonds. The van der Waals surface area contributed by atoms with Gasteiger partial charge in [-0.1, -0.05) is 11.6 Å². The molecular weight excluding hydrogens is 216 g/mol. The van der Waals surface area contributed by atoms with E-state index < -0.39 is 0 Å². The van der Waals surface area contributed by atoms with E-state index >= 15 is 0 Å². The van der Waals surface area contributed by atoms with Crippen molar-refractivity contribution in [1.29, 1.82) is 0 Å². The van der Waals surface area contributed by atoms with Crippen molar-refractivity contribution < 1.29 is 9.53 Å². The summed E-state index contributed by atoms with van der Waals surface area (Å²) in [4.78, 5) is 15.3. The highest BCUT2D eigenvalue weighted by molar-refractivity contribution is 5.78. The van der Waals surface area contributed by atoms with Gasteiger partial charge in [-0.15, -0.1) is 6.58 Å². The minimum absolute atomic E-state index is 0.382. The van der Waals surface area contributed by atoms with E-state index in [0.29, 0.717) is 23.8 Å². The second-order valence-electron chi connectivity index (χ2n) is 3.90. The van der Waals surface area contributed by atoms with Gasteiger partial charge in [-0.25, -0.2) is 0 Å². The molecule has 0 unspecified atom stereocenters. The largest absolute Gasteiger partial charge is 0.476 e. The summed E-state index contributed by atoms with van der Waals surface area (Å²) >= 11 is 0. The highest BCUT2D eigenvalue weighted by Gasteiger charge is 2.11. The molecule has 17 heavy (non-hydrogen) atoms. The van der Waals surface area contributed by atoms with Crippen LogP contribution in [0.15, 0.2) is 36.5 Å². The fourth-order valence-electron chi connectivity index (χ4n) is 1.53. The van der Waals surface area contributed by atoms with Crippen LogP contribution in [0.1, 0.15) is 23.8 Å². The summed E-state index contributed by atoms with van der Waals surface area (Å²) in [6.45, 7) is 6.22. The standard InChI is InChI=1S/C13H14N2O2/c1-10(2)6-8-17-13-11(9-16)15-7-4-3-5-12(15)14-13/h3-5,7,9H,1,6,8H2,2H3. The number of fused-ring (bicyclic) bond motifs is 1. The zero-order valence-electron chi connectivity index (χ0n) is 9.72. The Kier molecular flexibility index (Phi) is 3.23. The number of hydrogen-bond acceptors (Lipinski definition) is 3. The lowest BCUT2D eigenvalue weighted by molar-refractivity contribution is 0.111. The van der Waals surface area contributed by atoms with Crippen LogP contribution in [0.25, 0.3) is 5.65 Å². The molecule has 0 saturated carbocycles. The van der Waals surface area contributed by atoms with Crippen LogP contribution >= 0.6 is 0 Å². The van der Waals surface area contributed by atoms with Crippen molar-refractivity contribution in [3.05, 3.63) is 42.2 Å². The lowest BCUT2D eigenvalue weighted by Gasteiger charge is -2.02. The first-order valence-electron chi connectivity index (χ1n) is 5.42. The van der Waals surface area contributed by atoms with Crippen LogP contribution < -0.4 is 4.74 Å². The van der Waals surface area contributed by atoms with Gasteiger partial charge < -0.3 is 4.74 Å². The lowest BCUT2D eigenvalue weighted by atomic mass is 10.3. The molecular formula is C13H14N2O2. The van der Waals surface area contributed by atoms with Crippen molar-refractivity contribution >= 4 is 11.9 Å². The third kappa shape index (κ3) is 2.36. The van der Waals surface area contributed by atoms with Gasteiger partial charge in [0.2, 0.25) is 5.88 Å². The maximum atomic E-state index is 11.0. The maximum Gasteiger partial charge on any atom is 0.243 e. The van der Waals surface area contributed by atoms with Gasteiger partial charge in [0.05, 0.1) is 6.61 Å². The molecule has 0 N–H and O–H groups in total. The Morgan fingerprint density at radius 3 is 3.12 bits per heavy atom. The molecule has 0 atom stereocenters. The van der Waals surface area contributed by atoms with Crippen molar-refractivity contribution in [3.8, 4) is 5.88 Å². The molecule has 88 valence electrons. The summed E-state index contributed by atoms with van der Waals surface area (Å²) in [5, 5.41) is 0.